The van der Waals surface area contributed by atoms with E-state index >= 15 is 0 Å². The number of hydrogen-bond donors (Lipinski definition) is 2. The lowest BCUT2D eigenvalue weighted by molar-refractivity contribution is 0.178. The van der Waals surface area contributed by atoms with Gasteiger partial charge in [0.25, 0.3) is 0 Å². The number of nitrogen functional groups attached to an aromatic ring is 1. The zero-order chi connectivity index (χ0) is 14.0. The first kappa shape index (κ1) is 14.4. The Labute approximate surface area is 119 Å². The highest BCUT2D eigenvalue weighted by Crippen LogP contribution is 2.40. The maximum atomic E-state index is 5.93. The summed E-state index contributed by atoms with van der Waals surface area (Å²) in [5.41, 5.74) is 7.14. The molecule has 0 bridgehead atoms. The summed E-state index contributed by atoms with van der Waals surface area (Å²) in [6, 6.07) is 0.429. The van der Waals surface area contributed by atoms with Crippen LogP contribution in [0, 0.1) is 11.3 Å². The number of rotatable bonds is 3. The number of aromatic nitrogens is 3. The molecule has 1 saturated carbocycles. The lowest BCUT2D eigenvalue weighted by Gasteiger charge is -2.39. The van der Waals surface area contributed by atoms with Crippen LogP contribution < -0.4 is 11.1 Å². The summed E-state index contributed by atoms with van der Waals surface area (Å²) in [5, 5.41) is 15.9. The normalized spacial score (nSPS) is 26.1. The van der Waals surface area contributed by atoms with Gasteiger partial charge in [0.05, 0.1) is 0 Å². The third kappa shape index (κ3) is 3.49. The molecule has 1 aliphatic rings. The first-order valence-corrected chi connectivity index (χ1v) is 7.93. The average Bonchev–Trinajstić information content (AvgIpc) is 2.29. The van der Waals surface area contributed by atoms with Crippen LogP contribution in [0.1, 0.15) is 40.0 Å². The van der Waals surface area contributed by atoms with Crippen molar-refractivity contribution in [1.82, 2.24) is 15.4 Å². The summed E-state index contributed by atoms with van der Waals surface area (Å²) in [5.74, 6) is 1.17. The Morgan fingerprint density at radius 3 is 2.68 bits per heavy atom. The molecule has 3 N–H and O–H groups in total. The highest BCUT2D eigenvalue weighted by atomic mass is 32.2. The fourth-order valence-corrected chi connectivity index (χ4v) is 3.75. The monoisotopic (exact) mass is 281 g/mol. The molecule has 5 nitrogen and oxygen atoms in total. The van der Waals surface area contributed by atoms with E-state index in [1.54, 1.807) is 11.8 Å². The van der Waals surface area contributed by atoms with Gasteiger partial charge in [-0.2, -0.15) is 0 Å². The fraction of sp³-hybridized carbons (Fsp3) is 0.769. The van der Waals surface area contributed by atoms with Crippen LogP contribution in [0.2, 0.25) is 0 Å². The van der Waals surface area contributed by atoms with Crippen molar-refractivity contribution in [3.05, 3.63) is 0 Å². The maximum Gasteiger partial charge on any atom is 0.174 e. The van der Waals surface area contributed by atoms with Gasteiger partial charge < -0.3 is 11.1 Å². The fourth-order valence-electron chi connectivity index (χ4n) is 3.26. The highest BCUT2D eigenvalue weighted by Gasteiger charge is 2.32. The van der Waals surface area contributed by atoms with Gasteiger partial charge in [-0.15, -0.1) is 22.0 Å². The molecule has 2 unspecified atom stereocenters. The van der Waals surface area contributed by atoms with Crippen molar-refractivity contribution in [3.8, 4) is 0 Å². The minimum atomic E-state index is 0.373. The lowest BCUT2D eigenvalue weighted by Crippen LogP contribution is -2.36. The van der Waals surface area contributed by atoms with E-state index in [0.717, 1.165) is 23.1 Å². The van der Waals surface area contributed by atoms with Crippen molar-refractivity contribution in [3.63, 3.8) is 0 Å². The summed E-state index contributed by atoms with van der Waals surface area (Å²) in [4.78, 5) is 0. The van der Waals surface area contributed by atoms with Crippen LogP contribution in [0.3, 0.4) is 0 Å². The number of nitrogens with two attached hydrogens (primary N) is 1. The molecule has 106 valence electrons. The second-order valence-electron chi connectivity index (χ2n) is 6.31. The molecule has 2 atom stereocenters. The van der Waals surface area contributed by atoms with Gasteiger partial charge in [0.2, 0.25) is 0 Å². The molecular formula is C13H23N5S. The van der Waals surface area contributed by atoms with Crippen LogP contribution >= 0.6 is 11.8 Å². The Morgan fingerprint density at radius 1 is 1.32 bits per heavy atom. The molecule has 0 saturated heterocycles. The molecule has 0 spiro atoms. The SMILES string of the molecule is CSc1nnnc(N)c1NC1CC(C)CC(C)(C)C1. The van der Waals surface area contributed by atoms with Crippen LogP contribution in [0.25, 0.3) is 0 Å². The van der Waals surface area contributed by atoms with E-state index in [9.17, 15) is 0 Å². The van der Waals surface area contributed by atoms with E-state index in [1.165, 1.54) is 12.8 Å². The second-order valence-corrected chi connectivity index (χ2v) is 7.11. The topological polar surface area (TPSA) is 76.7 Å². The predicted molar refractivity (Wildman–Crippen MR) is 80.2 cm³/mol. The molecule has 19 heavy (non-hydrogen) atoms. The van der Waals surface area contributed by atoms with Crippen LogP contribution in [0.15, 0.2) is 5.03 Å². The van der Waals surface area contributed by atoms with Crippen LogP contribution in [-0.2, 0) is 0 Å². The van der Waals surface area contributed by atoms with Gasteiger partial charge in [-0.25, -0.2) is 0 Å². The van der Waals surface area contributed by atoms with Crippen LogP contribution in [0.4, 0.5) is 11.5 Å². The van der Waals surface area contributed by atoms with Gasteiger partial charge in [-0.3, -0.25) is 0 Å². The van der Waals surface area contributed by atoms with E-state index in [4.69, 9.17) is 5.73 Å². The first-order chi connectivity index (χ1) is 8.91. The zero-order valence-corrected chi connectivity index (χ0v) is 12.9. The Morgan fingerprint density at radius 2 is 2.05 bits per heavy atom. The molecule has 0 amide bonds. The predicted octanol–water partition coefficient (Wildman–Crippen LogP) is 2.80. The summed E-state index contributed by atoms with van der Waals surface area (Å²) < 4.78 is 0. The van der Waals surface area contributed by atoms with Crippen molar-refractivity contribution in [2.24, 2.45) is 11.3 Å². The van der Waals surface area contributed by atoms with Crippen LogP contribution in [-0.4, -0.2) is 27.7 Å². The minimum Gasteiger partial charge on any atom is -0.380 e. The first-order valence-electron chi connectivity index (χ1n) is 6.70. The number of anilines is 2. The number of thioether (sulfide) groups is 1. The Kier molecular flexibility index (Phi) is 4.18. The average molecular weight is 281 g/mol. The second kappa shape index (κ2) is 5.53. The zero-order valence-electron chi connectivity index (χ0n) is 12.1. The van der Waals surface area contributed by atoms with Crippen molar-refractivity contribution in [1.29, 1.82) is 0 Å². The molecule has 0 aliphatic heterocycles. The van der Waals surface area contributed by atoms with Gasteiger partial charge in [0.15, 0.2) is 5.82 Å². The van der Waals surface area contributed by atoms with Gasteiger partial charge in [0.1, 0.15) is 10.7 Å². The summed E-state index contributed by atoms with van der Waals surface area (Å²) in [6.45, 7) is 6.98. The quantitative estimate of drug-likeness (QED) is 0.830. The largest absolute Gasteiger partial charge is 0.380 e. The molecule has 0 aromatic carbocycles. The van der Waals surface area contributed by atoms with Gasteiger partial charge in [-0.05, 0) is 42.1 Å². The Balaban J connectivity index is 2.17. The highest BCUT2D eigenvalue weighted by molar-refractivity contribution is 7.98. The van der Waals surface area contributed by atoms with Gasteiger partial charge in [0, 0.05) is 6.04 Å². The molecule has 2 rings (SSSR count). The number of hydrogen-bond acceptors (Lipinski definition) is 6. The van der Waals surface area contributed by atoms with Crippen molar-refractivity contribution in [2.75, 3.05) is 17.3 Å². The smallest absolute Gasteiger partial charge is 0.174 e. The van der Waals surface area contributed by atoms with Crippen LogP contribution in [0.5, 0.6) is 0 Å². The van der Waals surface area contributed by atoms with Crippen molar-refractivity contribution in [2.45, 2.75) is 51.1 Å². The van der Waals surface area contributed by atoms with E-state index in [1.807, 2.05) is 6.26 Å². The molecular weight excluding hydrogens is 258 g/mol. The number of nitrogens with zero attached hydrogens (tertiary/aromatic N) is 3. The lowest BCUT2D eigenvalue weighted by atomic mass is 9.70. The van der Waals surface area contributed by atoms with Gasteiger partial charge in [-0.1, -0.05) is 20.8 Å². The molecule has 0 radical (unpaired) electrons. The third-order valence-corrected chi connectivity index (χ3v) is 4.36. The third-order valence-electron chi connectivity index (χ3n) is 3.69. The standard InChI is InChI=1S/C13H23N5S/c1-8-5-9(7-13(2,3)6-8)15-10-11(14)16-18-17-12(10)19-4/h8-9H,5-7H2,1-4H3,(H,15,18)(H2,14,16,17). The van der Waals surface area contributed by atoms with Crippen molar-refractivity contribution < 1.29 is 0 Å². The number of nitrogens with one attached hydrogen (secondary N) is 1. The molecule has 6 heteroatoms. The summed E-state index contributed by atoms with van der Waals surface area (Å²) in [6.07, 6.45) is 5.57. The van der Waals surface area contributed by atoms with E-state index in [0.29, 0.717) is 17.3 Å². The molecule has 1 fully saturated rings. The molecule has 1 aromatic heterocycles. The minimum absolute atomic E-state index is 0.373. The van der Waals surface area contributed by atoms with E-state index in [-0.39, 0.29) is 0 Å². The molecule has 1 heterocycles. The molecule has 1 aromatic rings. The summed E-state index contributed by atoms with van der Waals surface area (Å²) >= 11 is 1.54. The summed E-state index contributed by atoms with van der Waals surface area (Å²) in [7, 11) is 0. The van der Waals surface area contributed by atoms with E-state index in [2.05, 4.69) is 41.5 Å². The van der Waals surface area contributed by atoms with Gasteiger partial charge >= 0.3 is 0 Å². The van der Waals surface area contributed by atoms with Crippen molar-refractivity contribution >= 4 is 23.3 Å². The maximum absolute atomic E-state index is 5.93. The van der Waals surface area contributed by atoms with E-state index < -0.39 is 0 Å². The Bertz CT molecular complexity index is 449. The molecule has 1 aliphatic carbocycles. The Hall–Kier alpha value is -1.04.